The fraction of sp³-hybridized carbons (Fsp3) is 0.667. The zero-order valence-electron chi connectivity index (χ0n) is 12.3. The maximum Gasteiger partial charge on any atom is 0.0371 e. The average Bonchev–Trinajstić information content (AvgIpc) is 2.42. The van der Waals surface area contributed by atoms with Crippen molar-refractivity contribution in [2.24, 2.45) is 5.92 Å². The smallest absolute Gasteiger partial charge is 0.0371 e. The molecule has 1 aromatic heterocycles. The van der Waals surface area contributed by atoms with E-state index >= 15 is 0 Å². The van der Waals surface area contributed by atoms with Crippen molar-refractivity contribution in [1.29, 1.82) is 0 Å². The Labute approximate surface area is 116 Å². The summed E-state index contributed by atoms with van der Waals surface area (Å²) in [6.45, 7) is 10.4. The minimum Gasteiger partial charge on any atom is -0.383 e. The first kappa shape index (κ1) is 14.3. The van der Waals surface area contributed by atoms with Gasteiger partial charge in [-0.25, -0.2) is 0 Å². The second kappa shape index (κ2) is 6.87. The van der Waals surface area contributed by atoms with Crippen molar-refractivity contribution in [3.8, 4) is 0 Å². The third-order valence-corrected chi connectivity index (χ3v) is 3.97. The van der Waals surface area contributed by atoms with Crippen LogP contribution in [-0.4, -0.2) is 60.6 Å². The van der Waals surface area contributed by atoms with Crippen LogP contribution >= 0.6 is 0 Å². The van der Waals surface area contributed by atoms with Crippen LogP contribution in [0.25, 0.3) is 0 Å². The predicted octanol–water partition coefficient (Wildman–Crippen LogP) is 1.77. The Morgan fingerprint density at radius 1 is 1.16 bits per heavy atom. The van der Waals surface area contributed by atoms with Gasteiger partial charge in [-0.15, -0.1) is 0 Å². The maximum absolute atomic E-state index is 4.05. The summed E-state index contributed by atoms with van der Waals surface area (Å²) in [5, 5.41) is 3.54. The Morgan fingerprint density at radius 3 is 2.37 bits per heavy atom. The zero-order chi connectivity index (χ0) is 13.7. The van der Waals surface area contributed by atoms with Gasteiger partial charge in [-0.05, 0) is 25.1 Å². The van der Waals surface area contributed by atoms with Crippen LogP contribution in [0.4, 0.5) is 5.69 Å². The van der Waals surface area contributed by atoms with Gasteiger partial charge in [0, 0.05) is 56.8 Å². The summed E-state index contributed by atoms with van der Waals surface area (Å²) in [7, 11) is 2.21. The van der Waals surface area contributed by atoms with E-state index in [9.17, 15) is 0 Å². The van der Waals surface area contributed by atoms with Crippen LogP contribution in [-0.2, 0) is 0 Å². The quantitative estimate of drug-likeness (QED) is 0.876. The standard InChI is InChI=1S/C15H26N4/c1-13(2)15(19-10-8-18(3)9-11-19)12-17-14-4-6-16-7-5-14/h4-7,13,15H,8-12H2,1-3H3,(H,16,17). The van der Waals surface area contributed by atoms with Gasteiger partial charge in [0.05, 0.1) is 0 Å². The summed E-state index contributed by atoms with van der Waals surface area (Å²) in [4.78, 5) is 9.08. The van der Waals surface area contributed by atoms with Gasteiger partial charge in [0.1, 0.15) is 0 Å². The molecule has 0 bridgehead atoms. The molecular formula is C15H26N4. The van der Waals surface area contributed by atoms with E-state index in [1.807, 2.05) is 24.5 Å². The third kappa shape index (κ3) is 4.18. The molecule has 0 saturated carbocycles. The lowest BCUT2D eigenvalue weighted by molar-refractivity contribution is 0.0944. The Kier molecular flexibility index (Phi) is 5.16. The first-order chi connectivity index (χ1) is 9.16. The molecular weight excluding hydrogens is 236 g/mol. The van der Waals surface area contributed by atoms with Crippen LogP contribution < -0.4 is 5.32 Å². The molecule has 1 saturated heterocycles. The van der Waals surface area contributed by atoms with E-state index in [4.69, 9.17) is 0 Å². The van der Waals surface area contributed by atoms with Crippen molar-refractivity contribution in [3.05, 3.63) is 24.5 Å². The molecule has 1 fully saturated rings. The Balaban J connectivity index is 1.89. The molecule has 4 nitrogen and oxygen atoms in total. The summed E-state index contributed by atoms with van der Waals surface area (Å²) >= 11 is 0. The Morgan fingerprint density at radius 2 is 1.79 bits per heavy atom. The molecule has 4 heteroatoms. The topological polar surface area (TPSA) is 31.4 Å². The molecule has 19 heavy (non-hydrogen) atoms. The summed E-state index contributed by atoms with van der Waals surface area (Å²) in [6.07, 6.45) is 3.67. The lowest BCUT2D eigenvalue weighted by Crippen LogP contribution is -2.52. The van der Waals surface area contributed by atoms with Gasteiger partial charge in [-0.2, -0.15) is 0 Å². The van der Waals surface area contributed by atoms with E-state index in [-0.39, 0.29) is 0 Å². The van der Waals surface area contributed by atoms with E-state index < -0.39 is 0 Å². The molecule has 2 heterocycles. The van der Waals surface area contributed by atoms with Crippen LogP contribution in [0.3, 0.4) is 0 Å². The molecule has 0 radical (unpaired) electrons. The summed E-state index contributed by atoms with van der Waals surface area (Å²) in [5.41, 5.74) is 1.16. The number of hydrogen-bond donors (Lipinski definition) is 1. The molecule has 2 rings (SSSR count). The molecule has 1 N–H and O–H groups in total. The van der Waals surface area contributed by atoms with E-state index in [1.54, 1.807) is 0 Å². The summed E-state index contributed by atoms with van der Waals surface area (Å²) in [6, 6.07) is 4.66. The van der Waals surface area contributed by atoms with Gasteiger partial charge >= 0.3 is 0 Å². The summed E-state index contributed by atoms with van der Waals surface area (Å²) in [5.74, 6) is 0.665. The van der Waals surface area contributed by atoms with Crippen LogP contribution in [0.15, 0.2) is 24.5 Å². The van der Waals surface area contributed by atoms with Gasteiger partial charge in [0.15, 0.2) is 0 Å². The van der Waals surface area contributed by atoms with E-state index in [1.165, 1.54) is 26.2 Å². The van der Waals surface area contributed by atoms with Gasteiger partial charge in [0.25, 0.3) is 0 Å². The van der Waals surface area contributed by atoms with Crippen LogP contribution in [0.1, 0.15) is 13.8 Å². The highest BCUT2D eigenvalue weighted by atomic mass is 15.3. The molecule has 0 aliphatic carbocycles. The van der Waals surface area contributed by atoms with Gasteiger partial charge in [-0.1, -0.05) is 13.8 Å². The maximum atomic E-state index is 4.05. The SMILES string of the molecule is CC(C)C(CNc1ccncc1)N1CCN(C)CC1. The van der Waals surface area contributed by atoms with Crippen molar-refractivity contribution in [1.82, 2.24) is 14.8 Å². The number of aromatic nitrogens is 1. The number of piperazine rings is 1. The van der Waals surface area contributed by atoms with Crippen molar-refractivity contribution in [3.63, 3.8) is 0 Å². The molecule has 1 aromatic rings. The Hall–Kier alpha value is -1.13. The minimum atomic E-state index is 0.599. The normalized spacial score (nSPS) is 19.6. The van der Waals surface area contributed by atoms with Gasteiger partial charge in [0.2, 0.25) is 0 Å². The highest BCUT2D eigenvalue weighted by Gasteiger charge is 2.24. The second-order valence-electron chi connectivity index (χ2n) is 5.77. The van der Waals surface area contributed by atoms with Crippen molar-refractivity contribution < 1.29 is 0 Å². The van der Waals surface area contributed by atoms with Crippen LogP contribution in [0.2, 0.25) is 0 Å². The first-order valence-corrected chi connectivity index (χ1v) is 7.23. The number of likely N-dealkylation sites (N-methyl/N-ethyl adjacent to an activating group) is 1. The average molecular weight is 262 g/mol. The van der Waals surface area contributed by atoms with E-state index in [0.29, 0.717) is 12.0 Å². The fourth-order valence-corrected chi connectivity index (χ4v) is 2.63. The van der Waals surface area contributed by atoms with Crippen molar-refractivity contribution in [2.75, 3.05) is 45.1 Å². The summed E-state index contributed by atoms with van der Waals surface area (Å²) < 4.78 is 0. The molecule has 1 unspecified atom stereocenters. The van der Waals surface area contributed by atoms with Gasteiger partial charge < -0.3 is 10.2 Å². The largest absolute Gasteiger partial charge is 0.383 e. The van der Waals surface area contributed by atoms with Crippen molar-refractivity contribution in [2.45, 2.75) is 19.9 Å². The predicted molar refractivity (Wildman–Crippen MR) is 80.4 cm³/mol. The number of anilines is 1. The lowest BCUT2D eigenvalue weighted by atomic mass is 10.0. The second-order valence-corrected chi connectivity index (χ2v) is 5.77. The third-order valence-electron chi connectivity index (χ3n) is 3.97. The van der Waals surface area contributed by atoms with Crippen molar-refractivity contribution >= 4 is 5.69 Å². The van der Waals surface area contributed by atoms with E-state index in [2.05, 4.69) is 41.0 Å². The van der Waals surface area contributed by atoms with Crippen LogP contribution in [0, 0.1) is 5.92 Å². The monoisotopic (exact) mass is 262 g/mol. The minimum absolute atomic E-state index is 0.599. The molecule has 1 aliphatic rings. The molecule has 1 atom stereocenters. The number of hydrogen-bond acceptors (Lipinski definition) is 4. The highest BCUT2D eigenvalue weighted by molar-refractivity contribution is 5.40. The van der Waals surface area contributed by atoms with Crippen LogP contribution in [0.5, 0.6) is 0 Å². The number of pyridine rings is 1. The van der Waals surface area contributed by atoms with E-state index in [0.717, 1.165) is 12.2 Å². The number of nitrogens with one attached hydrogen (secondary N) is 1. The zero-order valence-corrected chi connectivity index (χ0v) is 12.3. The number of nitrogens with zero attached hydrogens (tertiary/aromatic N) is 3. The molecule has 0 amide bonds. The molecule has 0 spiro atoms. The fourth-order valence-electron chi connectivity index (χ4n) is 2.63. The molecule has 106 valence electrons. The lowest BCUT2D eigenvalue weighted by Gasteiger charge is -2.40. The Bertz CT molecular complexity index is 358. The highest BCUT2D eigenvalue weighted by Crippen LogP contribution is 2.15. The number of rotatable bonds is 5. The molecule has 1 aliphatic heterocycles. The molecule has 0 aromatic carbocycles. The van der Waals surface area contributed by atoms with Gasteiger partial charge in [-0.3, -0.25) is 9.88 Å². The first-order valence-electron chi connectivity index (χ1n) is 7.23.